The molecule has 12 heavy (non-hydrogen) atoms. The summed E-state index contributed by atoms with van der Waals surface area (Å²) in [5.74, 6) is 0. The van der Waals surface area contributed by atoms with Crippen LogP contribution in [0.3, 0.4) is 0 Å². The molecule has 1 aliphatic rings. The Kier molecular flexibility index (Phi) is 5.07. The fourth-order valence-corrected chi connectivity index (χ4v) is 1.19. The van der Waals surface area contributed by atoms with Crippen LogP contribution in [-0.4, -0.2) is 0 Å². The molecule has 0 saturated carbocycles. The lowest BCUT2D eigenvalue weighted by Crippen LogP contribution is -1.74. The van der Waals surface area contributed by atoms with Crippen molar-refractivity contribution in [3.63, 3.8) is 0 Å². The van der Waals surface area contributed by atoms with Crippen molar-refractivity contribution in [2.24, 2.45) is 0 Å². The number of hydrogen-bond donors (Lipinski definition) is 0. The first-order chi connectivity index (χ1) is 6.00. The fourth-order valence-electron chi connectivity index (χ4n) is 1.19. The molecule has 0 aromatic carbocycles. The molecule has 0 radical (unpaired) electrons. The molecule has 0 aromatic rings. The fraction of sp³-hybridized carbons (Fsp3) is 0.417. The second-order valence-electron chi connectivity index (χ2n) is 2.99. The van der Waals surface area contributed by atoms with E-state index in [-0.39, 0.29) is 0 Å². The van der Waals surface area contributed by atoms with E-state index in [2.05, 4.69) is 30.0 Å². The normalized spacial score (nSPS) is 24.0. The third-order valence-corrected chi connectivity index (χ3v) is 1.89. The average molecular weight is 160 g/mol. The van der Waals surface area contributed by atoms with Crippen LogP contribution in [0.2, 0.25) is 0 Å². The minimum absolute atomic E-state index is 1.17. The predicted octanol–water partition coefficient (Wildman–Crippen LogP) is 3.77. The van der Waals surface area contributed by atoms with Gasteiger partial charge in [-0.2, -0.15) is 0 Å². The maximum Gasteiger partial charge on any atom is -0.0203 e. The average Bonchev–Trinajstić information content (AvgIpc) is 2.05. The summed E-state index contributed by atoms with van der Waals surface area (Å²) >= 11 is 0. The highest BCUT2D eigenvalue weighted by Crippen LogP contribution is 2.04. The third kappa shape index (κ3) is 4.76. The molecular weight excluding hydrogens is 144 g/mol. The Bertz CT molecular complexity index is 212. The summed E-state index contributed by atoms with van der Waals surface area (Å²) in [6.45, 7) is 0. The molecule has 0 N–H and O–H groups in total. The largest absolute Gasteiger partial charge is 0.125 e. The zero-order chi connectivity index (χ0) is 8.49. The van der Waals surface area contributed by atoms with E-state index in [1.54, 1.807) is 0 Å². The van der Waals surface area contributed by atoms with Crippen LogP contribution >= 0.6 is 0 Å². The lowest BCUT2D eigenvalue weighted by molar-refractivity contribution is 0.696. The van der Waals surface area contributed by atoms with Gasteiger partial charge in [-0.3, -0.25) is 0 Å². The molecule has 64 valence electrons. The standard InChI is InChI=1S/C12H16/c1-2-4-6-8-10-12-11-9-7-5-3-1/h1-5,9H,6,8,10-12H2/b3-1+,4-2+. The summed E-state index contributed by atoms with van der Waals surface area (Å²) in [5, 5.41) is 0. The van der Waals surface area contributed by atoms with Gasteiger partial charge in [0.1, 0.15) is 0 Å². The van der Waals surface area contributed by atoms with Gasteiger partial charge in [0.05, 0.1) is 0 Å². The monoisotopic (exact) mass is 160 g/mol. The highest BCUT2D eigenvalue weighted by atomic mass is 13.9. The highest BCUT2D eigenvalue weighted by Gasteiger charge is 1.84. The van der Waals surface area contributed by atoms with E-state index < -0.39 is 0 Å². The van der Waals surface area contributed by atoms with Crippen LogP contribution in [0.5, 0.6) is 0 Å². The summed E-state index contributed by atoms with van der Waals surface area (Å²) in [6, 6.07) is 0. The van der Waals surface area contributed by atoms with E-state index >= 15 is 0 Å². The van der Waals surface area contributed by atoms with Crippen molar-refractivity contribution in [3.8, 4) is 0 Å². The maximum absolute atomic E-state index is 3.13. The number of allylic oxidation sites excluding steroid dienone is 5. The van der Waals surface area contributed by atoms with Crippen molar-refractivity contribution in [1.82, 2.24) is 0 Å². The van der Waals surface area contributed by atoms with Crippen molar-refractivity contribution in [2.75, 3.05) is 0 Å². The highest BCUT2D eigenvalue weighted by molar-refractivity contribution is 5.10. The van der Waals surface area contributed by atoms with E-state index in [4.69, 9.17) is 0 Å². The van der Waals surface area contributed by atoms with Crippen LogP contribution in [0, 0.1) is 0 Å². The smallest absolute Gasteiger partial charge is 0.0203 e. The first-order valence-electron chi connectivity index (χ1n) is 4.73. The Morgan fingerprint density at radius 1 is 0.833 bits per heavy atom. The molecule has 0 aliphatic heterocycles. The number of hydrogen-bond acceptors (Lipinski definition) is 0. The van der Waals surface area contributed by atoms with Crippen LogP contribution in [0.25, 0.3) is 0 Å². The van der Waals surface area contributed by atoms with E-state index in [0.717, 1.165) is 0 Å². The molecule has 1 rings (SSSR count). The lowest BCUT2D eigenvalue weighted by Gasteiger charge is -1.94. The Labute approximate surface area is 75.0 Å². The van der Waals surface area contributed by atoms with Crippen LogP contribution in [0.15, 0.2) is 42.2 Å². The third-order valence-electron chi connectivity index (χ3n) is 1.89. The van der Waals surface area contributed by atoms with Crippen LogP contribution in [0.1, 0.15) is 32.1 Å². The van der Waals surface area contributed by atoms with Crippen molar-refractivity contribution >= 4 is 0 Å². The van der Waals surface area contributed by atoms with Gasteiger partial charge >= 0.3 is 0 Å². The minimum atomic E-state index is 1.17. The zero-order valence-electron chi connectivity index (χ0n) is 7.50. The SMILES string of the molecule is C1=C/C=C/C=C/CCCCCC=1. The number of rotatable bonds is 0. The Balaban J connectivity index is 2.44. The van der Waals surface area contributed by atoms with E-state index in [9.17, 15) is 0 Å². The summed E-state index contributed by atoms with van der Waals surface area (Å²) in [4.78, 5) is 0. The van der Waals surface area contributed by atoms with Gasteiger partial charge in [-0.05, 0) is 37.8 Å². The van der Waals surface area contributed by atoms with Crippen molar-refractivity contribution < 1.29 is 0 Å². The Morgan fingerprint density at radius 3 is 2.75 bits per heavy atom. The summed E-state index contributed by atoms with van der Waals surface area (Å²) in [5.41, 5.74) is 3.13. The van der Waals surface area contributed by atoms with Gasteiger partial charge in [0.2, 0.25) is 0 Å². The molecule has 1 aliphatic carbocycles. The van der Waals surface area contributed by atoms with Gasteiger partial charge < -0.3 is 0 Å². The minimum Gasteiger partial charge on any atom is -0.125 e. The van der Waals surface area contributed by atoms with Crippen molar-refractivity contribution in [1.29, 1.82) is 0 Å². The summed E-state index contributed by atoms with van der Waals surface area (Å²) in [7, 11) is 0. The first-order valence-corrected chi connectivity index (χ1v) is 4.73. The van der Waals surface area contributed by atoms with Gasteiger partial charge in [0.15, 0.2) is 0 Å². The van der Waals surface area contributed by atoms with E-state index in [0.29, 0.717) is 0 Å². The topological polar surface area (TPSA) is 0 Å². The summed E-state index contributed by atoms with van der Waals surface area (Å²) < 4.78 is 0. The van der Waals surface area contributed by atoms with Crippen LogP contribution in [-0.2, 0) is 0 Å². The second-order valence-corrected chi connectivity index (χ2v) is 2.99. The molecule has 0 heterocycles. The zero-order valence-corrected chi connectivity index (χ0v) is 7.50. The van der Waals surface area contributed by atoms with E-state index in [1.165, 1.54) is 32.1 Å². The van der Waals surface area contributed by atoms with Gasteiger partial charge in [-0.15, -0.1) is 5.73 Å². The van der Waals surface area contributed by atoms with Gasteiger partial charge in [0.25, 0.3) is 0 Å². The molecule has 0 heteroatoms. The van der Waals surface area contributed by atoms with Crippen LogP contribution in [0.4, 0.5) is 0 Å². The van der Waals surface area contributed by atoms with Gasteiger partial charge in [-0.1, -0.05) is 30.7 Å². The van der Waals surface area contributed by atoms with Crippen LogP contribution < -0.4 is 0 Å². The lowest BCUT2D eigenvalue weighted by atomic mass is 10.1. The summed E-state index contributed by atoms with van der Waals surface area (Å²) in [6.07, 6.45) is 18.9. The Morgan fingerprint density at radius 2 is 1.75 bits per heavy atom. The van der Waals surface area contributed by atoms with Gasteiger partial charge in [-0.25, -0.2) is 0 Å². The molecular formula is C12H16. The van der Waals surface area contributed by atoms with Gasteiger partial charge in [0, 0.05) is 0 Å². The molecule has 0 nitrogen and oxygen atoms in total. The Hall–Kier alpha value is -1.00. The molecule has 0 aromatic heterocycles. The van der Waals surface area contributed by atoms with Crippen molar-refractivity contribution in [3.05, 3.63) is 42.2 Å². The first kappa shape index (κ1) is 9.09. The molecule has 0 spiro atoms. The molecule has 0 saturated heterocycles. The molecule has 0 amide bonds. The predicted molar refractivity (Wildman–Crippen MR) is 54.0 cm³/mol. The molecule has 0 unspecified atom stereocenters. The second kappa shape index (κ2) is 6.69. The molecule has 0 atom stereocenters. The van der Waals surface area contributed by atoms with Crippen molar-refractivity contribution in [2.45, 2.75) is 32.1 Å². The molecule has 0 fully saturated rings. The molecule has 0 bridgehead atoms. The maximum atomic E-state index is 3.13. The van der Waals surface area contributed by atoms with E-state index in [1.807, 2.05) is 12.2 Å². The quantitative estimate of drug-likeness (QED) is 0.473.